The van der Waals surface area contributed by atoms with E-state index in [4.69, 9.17) is 16.3 Å². The van der Waals surface area contributed by atoms with Crippen LogP contribution in [-0.2, 0) is 28.8 Å². The number of carbonyl (C=O) groups excluding carboxylic acids is 3. The molecule has 3 heterocycles. The second kappa shape index (κ2) is 12.7. The smallest absolute Gasteiger partial charge is 0.317 e. The fourth-order valence-electron chi connectivity index (χ4n) is 4.51. The highest BCUT2D eigenvalue weighted by Gasteiger charge is 2.24. The van der Waals surface area contributed by atoms with Gasteiger partial charge in [-0.2, -0.15) is 0 Å². The maximum atomic E-state index is 13.4. The monoisotopic (exact) mass is 532 g/mol. The molecule has 2 aliphatic rings. The summed E-state index contributed by atoms with van der Waals surface area (Å²) in [4.78, 5) is 43.1. The molecule has 0 aliphatic carbocycles. The fourth-order valence-corrected chi connectivity index (χ4v) is 5.45. The van der Waals surface area contributed by atoms with Gasteiger partial charge in [-0.3, -0.25) is 9.59 Å². The Morgan fingerprint density at radius 1 is 1.06 bits per heavy atom. The number of carbonyl (C=O) groups is 3. The summed E-state index contributed by atoms with van der Waals surface area (Å²) in [5.41, 5.74) is 3.57. The van der Waals surface area contributed by atoms with Gasteiger partial charge in [-0.05, 0) is 55.1 Å². The second-order valence-corrected chi connectivity index (χ2v) is 11.0. The Bertz CT molecular complexity index is 1090. The summed E-state index contributed by atoms with van der Waals surface area (Å²) in [7, 11) is 2.13. The Morgan fingerprint density at radius 3 is 2.53 bits per heavy atom. The SMILES string of the molecule is CN1CCc2ccc(CC(=O)[C@@H](CCNC(=O)N3CCOCC3)NC(=O)c3ccc(Cl)s3)cc2CC1. The molecule has 2 aromatic rings. The minimum Gasteiger partial charge on any atom is -0.378 e. The van der Waals surface area contributed by atoms with Crippen LogP contribution in [0.3, 0.4) is 0 Å². The van der Waals surface area contributed by atoms with E-state index < -0.39 is 6.04 Å². The third-order valence-electron chi connectivity index (χ3n) is 6.67. The lowest BCUT2D eigenvalue weighted by molar-refractivity contribution is -0.120. The number of hydrogen-bond acceptors (Lipinski definition) is 6. The van der Waals surface area contributed by atoms with Gasteiger partial charge in [-0.1, -0.05) is 29.8 Å². The van der Waals surface area contributed by atoms with Gasteiger partial charge >= 0.3 is 6.03 Å². The molecule has 8 nitrogen and oxygen atoms in total. The van der Waals surface area contributed by atoms with Crippen molar-refractivity contribution in [2.24, 2.45) is 0 Å². The molecule has 1 fully saturated rings. The van der Waals surface area contributed by atoms with E-state index in [0.717, 1.165) is 31.5 Å². The first-order chi connectivity index (χ1) is 17.4. The van der Waals surface area contributed by atoms with Crippen LogP contribution in [0.1, 0.15) is 32.8 Å². The van der Waals surface area contributed by atoms with Crippen LogP contribution < -0.4 is 10.6 Å². The predicted octanol–water partition coefficient (Wildman–Crippen LogP) is 2.77. The number of ether oxygens (including phenoxy) is 1. The van der Waals surface area contributed by atoms with E-state index in [9.17, 15) is 14.4 Å². The normalized spacial score (nSPS) is 17.1. The number of nitrogens with one attached hydrogen (secondary N) is 2. The molecule has 194 valence electrons. The van der Waals surface area contributed by atoms with Crippen LogP contribution >= 0.6 is 22.9 Å². The number of amides is 3. The minimum absolute atomic E-state index is 0.0858. The summed E-state index contributed by atoms with van der Waals surface area (Å²) in [5.74, 6) is -0.424. The zero-order chi connectivity index (χ0) is 25.5. The van der Waals surface area contributed by atoms with E-state index in [2.05, 4.69) is 34.7 Å². The van der Waals surface area contributed by atoms with Crippen molar-refractivity contribution in [3.63, 3.8) is 0 Å². The number of thiophene rings is 1. The number of ketones is 1. The van der Waals surface area contributed by atoms with E-state index in [1.807, 2.05) is 6.07 Å². The van der Waals surface area contributed by atoms with E-state index in [-0.39, 0.29) is 30.7 Å². The molecule has 0 saturated carbocycles. The van der Waals surface area contributed by atoms with Crippen molar-refractivity contribution >= 4 is 40.7 Å². The van der Waals surface area contributed by atoms with Gasteiger partial charge in [0, 0.05) is 39.1 Å². The lowest BCUT2D eigenvalue weighted by Crippen LogP contribution is -2.48. The molecule has 3 amide bonds. The number of benzene rings is 1. The number of fused-ring (bicyclic) bond motifs is 1. The van der Waals surface area contributed by atoms with Crippen molar-refractivity contribution in [3.8, 4) is 0 Å². The Kier molecular flexibility index (Phi) is 9.36. The van der Waals surface area contributed by atoms with Gasteiger partial charge in [0.1, 0.15) is 0 Å². The topological polar surface area (TPSA) is 91.0 Å². The number of likely N-dealkylation sites (N-methyl/N-ethyl adjacent to an activating group) is 1. The molecular formula is C26H33ClN4O4S. The molecule has 2 aliphatic heterocycles. The van der Waals surface area contributed by atoms with Gasteiger partial charge < -0.3 is 25.2 Å². The summed E-state index contributed by atoms with van der Waals surface area (Å²) in [6.07, 6.45) is 2.48. The summed E-state index contributed by atoms with van der Waals surface area (Å²) in [5, 5.41) is 5.75. The van der Waals surface area contributed by atoms with Crippen LogP contribution in [0.4, 0.5) is 4.79 Å². The maximum absolute atomic E-state index is 13.4. The molecular weight excluding hydrogens is 500 g/mol. The average Bonchev–Trinajstić information content (AvgIpc) is 3.24. The molecule has 36 heavy (non-hydrogen) atoms. The van der Waals surface area contributed by atoms with Gasteiger partial charge in [0.15, 0.2) is 5.78 Å². The van der Waals surface area contributed by atoms with Crippen LogP contribution in [0, 0.1) is 0 Å². The van der Waals surface area contributed by atoms with Crippen molar-refractivity contribution < 1.29 is 19.1 Å². The van der Waals surface area contributed by atoms with Crippen molar-refractivity contribution in [3.05, 3.63) is 56.2 Å². The Balaban J connectivity index is 1.40. The number of nitrogens with zero attached hydrogens (tertiary/aromatic N) is 2. The van der Waals surface area contributed by atoms with Gasteiger partial charge in [-0.25, -0.2) is 4.79 Å². The van der Waals surface area contributed by atoms with E-state index in [1.165, 1.54) is 22.5 Å². The van der Waals surface area contributed by atoms with E-state index in [0.29, 0.717) is 41.9 Å². The number of Topliss-reactive ketones (excluding diaryl/α,β-unsaturated/α-hetero) is 1. The quantitative estimate of drug-likeness (QED) is 0.545. The third kappa shape index (κ3) is 7.29. The van der Waals surface area contributed by atoms with Gasteiger partial charge in [0.05, 0.1) is 28.5 Å². The van der Waals surface area contributed by atoms with Crippen LogP contribution in [0.25, 0.3) is 0 Å². The summed E-state index contributed by atoms with van der Waals surface area (Å²) >= 11 is 7.16. The van der Waals surface area contributed by atoms with Crippen molar-refractivity contribution in [2.45, 2.75) is 31.7 Å². The van der Waals surface area contributed by atoms with Gasteiger partial charge in [0.2, 0.25) is 0 Å². The fraction of sp³-hybridized carbons (Fsp3) is 0.500. The number of halogens is 1. The zero-order valence-corrected chi connectivity index (χ0v) is 22.1. The number of hydrogen-bond donors (Lipinski definition) is 2. The highest BCUT2D eigenvalue weighted by molar-refractivity contribution is 7.18. The zero-order valence-electron chi connectivity index (χ0n) is 20.6. The second-order valence-electron chi connectivity index (χ2n) is 9.30. The molecule has 1 atom stereocenters. The van der Waals surface area contributed by atoms with Crippen LogP contribution in [0.5, 0.6) is 0 Å². The van der Waals surface area contributed by atoms with Crippen molar-refractivity contribution in [1.82, 2.24) is 20.4 Å². The van der Waals surface area contributed by atoms with Crippen LogP contribution in [0.15, 0.2) is 30.3 Å². The number of rotatable bonds is 8. The van der Waals surface area contributed by atoms with Crippen molar-refractivity contribution in [2.75, 3.05) is 53.0 Å². The first-order valence-electron chi connectivity index (χ1n) is 12.4. The first kappa shape index (κ1) is 26.6. The average molecular weight is 533 g/mol. The molecule has 1 aromatic heterocycles. The van der Waals surface area contributed by atoms with E-state index >= 15 is 0 Å². The molecule has 1 saturated heterocycles. The third-order valence-corrected chi connectivity index (χ3v) is 7.90. The van der Waals surface area contributed by atoms with Crippen molar-refractivity contribution in [1.29, 1.82) is 0 Å². The lowest BCUT2D eigenvalue weighted by Gasteiger charge is -2.27. The Morgan fingerprint density at radius 2 is 1.81 bits per heavy atom. The van der Waals surface area contributed by atoms with E-state index in [1.54, 1.807) is 17.0 Å². The molecule has 0 bridgehead atoms. The van der Waals surface area contributed by atoms with Gasteiger partial charge in [-0.15, -0.1) is 11.3 Å². The lowest BCUT2D eigenvalue weighted by atomic mass is 9.95. The molecule has 10 heteroatoms. The summed E-state index contributed by atoms with van der Waals surface area (Å²) < 4.78 is 5.80. The molecule has 0 radical (unpaired) electrons. The molecule has 1 aromatic carbocycles. The summed E-state index contributed by atoms with van der Waals surface area (Å²) in [6, 6.07) is 8.66. The standard InChI is InChI=1S/C26H33ClN4O4S/c1-30-10-7-19-3-2-18(16-20(19)8-11-30)17-22(32)21(29-25(33)23-4-5-24(27)36-23)6-9-28-26(34)31-12-14-35-15-13-31/h2-5,16,21H,6-15,17H2,1H3,(H,28,34)(H,29,33)/t21-/m1/s1. The summed E-state index contributed by atoms with van der Waals surface area (Å²) in [6.45, 7) is 4.42. The Labute approximate surface area is 220 Å². The highest BCUT2D eigenvalue weighted by Crippen LogP contribution is 2.22. The maximum Gasteiger partial charge on any atom is 0.317 e. The molecule has 0 unspecified atom stereocenters. The minimum atomic E-state index is -0.728. The number of urea groups is 1. The molecule has 4 rings (SSSR count). The van der Waals surface area contributed by atoms with Crippen LogP contribution in [0.2, 0.25) is 4.34 Å². The van der Waals surface area contributed by atoms with Gasteiger partial charge in [0.25, 0.3) is 5.91 Å². The first-order valence-corrected chi connectivity index (χ1v) is 13.6. The Hall–Kier alpha value is -2.46. The number of morpholine rings is 1. The molecule has 0 spiro atoms. The van der Waals surface area contributed by atoms with Crippen LogP contribution in [-0.4, -0.2) is 86.5 Å². The largest absolute Gasteiger partial charge is 0.378 e. The highest BCUT2D eigenvalue weighted by atomic mass is 35.5. The predicted molar refractivity (Wildman–Crippen MR) is 141 cm³/mol. The molecule has 2 N–H and O–H groups in total.